The third-order valence-corrected chi connectivity index (χ3v) is 2.47. The molecule has 0 atom stereocenters. The summed E-state index contributed by atoms with van der Waals surface area (Å²) in [6.07, 6.45) is 1.40. The number of carboxylic acids is 1. The first kappa shape index (κ1) is 12.4. The largest absolute Gasteiger partial charge is 0.477 e. The predicted octanol–water partition coefficient (Wildman–Crippen LogP) is 2.01. The van der Waals surface area contributed by atoms with Crippen LogP contribution >= 0.6 is 15.9 Å². The van der Waals surface area contributed by atoms with Crippen molar-refractivity contribution >= 4 is 33.9 Å². The average molecular weight is 284 g/mol. The summed E-state index contributed by atoms with van der Waals surface area (Å²) in [5, 5.41) is 11.1. The number of carbonyl (C=O) groups excluding carboxylic acids is 1. The molecule has 1 aromatic rings. The van der Waals surface area contributed by atoms with Crippen molar-refractivity contribution in [2.24, 2.45) is 0 Å². The van der Waals surface area contributed by atoms with Gasteiger partial charge in [0.2, 0.25) is 5.91 Å². The van der Waals surface area contributed by atoms with Crippen molar-refractivity contribution in [3.8, 4) is 0 Å². The van der Waals surface area contributed by atoms with Crippen LogP contribution in [0.4, 0.5) is 0 Å². The molecule has 0 spiro atoms. The van der Waals surface area contributed by atoms with E-state index in [1.54, 1.807) is 18.2 Å². The highest BCUT2D eigenvalue weighted by Crippen LogP contribution is 2.18. The molecule has 1 aromatic carbocycles. The highest BCUT2D eigenvalue weighted by Gasteiger charge is 2.09. The highest BCUT2D eigenvalue weighted by molar-refractivity contribution is 9.10. The van der Waals surface area contributed by atoms with Gasteiger partial charge in [-0.3, -0.25) is 4.79 Å². The molecule has 1 rings (SSSR count). The Morgan fingerprint density at radius 1 is 1.38 bits per heavy atom. The number of halogens is 1. The van der Waals surface area contributed by atoms with Crippen molar-refractivity contribution < 1.29 is 14.7 Å². The molecule has 0 unspecified atom stereocenters. The quantitative estimate of drug-likeness (QED) is 0.834. The lowest BCUT2D eigenvalue weighted by molar-refractivity contribution is -0.134. The summed E-state index contributed by atoms with van der Waals surface area (Å²) < 4.78 is 0.763. The maximum atomic E-state index is 10.9. The molecular weight excluding hydrogens is 274 g/mol. The first-order chi connectivity index (χ1) is 7.50. The van der Waals surface area contributed by atoms with Crippen molar-refractivity contribution in [2.45, 2.75) is 6.92 Å². The molecule has 2 N–H and O–H groups in total. The smallest absolute Gasteiger partial charge is 0.352 e. The van der Waals surface area contributed by atoms with Gasteiger partial charge in [0.1, 0.15) is 5.70 Å². The van der Waals surface area contributed by atoms with E-state index in [0.717, 1.165) is 4.47 Å². The topological polar surface area (TPSA) is 66.4 Å². The number of benzene rings is 1. The van der Waals surface area contributed by atoms with Crippen LogP contribution in [0.1, 0.15) is 12.5 Å². The Morgan fingerprint density at radius 2 is 2.00 bits per heavy atom. The second kappa shape index (κ2) is 5.46. The Labute approximate surface area is 101 Å². The first-order valence-electron chi connectivity index (χ1n) is 4.48. The number of carboxylic acid groups (broad SMARTS) is 1. The minimum Gasteiger partial charge on any atom is -0.477 e. The van der Waals surface area contributed by atoms with Gasteiger partial charge in [-0.15, -0.1) is 0 Å². The summed E-state index contributed by atoms with van der Waals surface area (Å²) in [6.45, 7) is 1.26. The summed E-state index contributed by atoms with van der Waals surface area (Å²) in [5.41, 5.74) is 0.535. The second-order valence-electron chi connectivity index (χ2n) is 3.07. The predicted molar refractivity (Wildman–Crippen MR) is 63.6 cm³/mol. The Balaban J connectivity index is 3.07. The van der Waals surface area contributed by atoms with Crippen molar-refractivity contribution in [2.75, 3.05) is 0 Å². The van der Waals surface area contributed by atoms with Crippen LogP contribution in [0.15, 0.2) is 34.4 Å². The summed E-state index contributed by atoms with van der Waals surface area (Å²) in [7, 11) is 0. The summed E-state index contributed by atoms with van der Waals surface area (Å²) in [6, 6.07) is 7.14. The number of hydrogen-bond donors (Lipinski definition) is 2. The van der Waals surface area contributed by atoms with Crippen molar-refractivity contribution in [1.29, 1.82) is 0 Å². The fourth-order valence-electron chi connectivity index (χ4n) is 1.09. The van der Waals surface area contributed by atoms with Crippen LogP contribution in [0.25, 0.3) is 6.08 Å². The minimum absolute atomic E-state index is 0.153. The van der Waals surface area contributed by atoms with Crippen LogP contribution in [0.2, 0.25) is 0 Å². The van der Waals surface area contributed by atoms with E-state index in [1.807, 2.05) is 6.07 Å². The van der Waals surface area contributed by atoms with Gasteiger partial charge in [-0.2, -0.15) is 0 Å². The Morgan fingerprint density at radius 3 is 2.50 bits per heavy atom. The van der Waals surface area contributed by atoms with Crippen molar-refractivity contribution in [1.82, 2.24) is 5.32 Å². The van der Waals surface area contributed by atoms with Crippen LogP contribution in [0.3, 0.4) is 0 Å². The summed E-state index contributed by atoms with van der Waals surface area (Å²) in [5.74, 6) is -1.59. The molecule has 4 nitrogen and oxygen atoms in total. The molecule has 5 heteroatoms. The average Bonchev–Trinajstić information content (AvgIpc) is 2.19. The maximum absolute atomic E-state index is 10.9. The van der Waals surface area contributed by atoms with E-state index in [0.29, 0.717) is 5.56 Å². The van der Waals surface area contributed by atoms with Crippen LogP contribution in [-0.4, -0.2) is 17.0 Å². The fraction of sp³-hybridized carbons (Fsp3) is 0.0909. The molecule has 0 aliphatic rings. The maximum Gasteiger partial charge on any atom is 0.352 e. The Hall–Kier alpha value is -1.62. The fourth-order valence-corrected chi connectivity index (χ4v) is 1.49. The van der Waals surface area contributed by atoms with Crippen LogP contribution in [-0.2, 0) is 9.59 Å². The molecule has 84 valence electrons. The van der Waals surface area contributed by atoms with Gasteiger partial charge in [0, 0.05) is 11.4 Å². The molecular formula is C11H10BrNO3. The monoisotopic (exact) mass is 283 g/mol. The number of rotatable bonds is 3. The zero-order valence-electron chi connectivity index (χ0n) is 8.53. The van der Waals surface area contributed by atoms with E-state index in [4.69, 9.17) is 5.11 Å². The van der Waals surface area contributed by atoms with Crippen LogP contribution in [0, 0.1) is 0 Å². The lowest BCUT2D eigenvalue weighted by Crippen LogP contribution is -2.24. The number of aliphatic carboxylic acids is 1. The zero-order valence-corrected chi connectivity index (χ0v) is 10.1. The molecule has 0 bridgehead atoms. The van der Waals surface area contributed by atoms with Gasteiger partial charge in [-0.25, -0.2) is 4.79 Å². The zero-order chi connectivity index (χ0) is 12.1. The van der Waals surface area contributed by atoms with Gasteiger partial charge in [0.05, 0.1) is 0 Å². The SMILES string of the molecule is CC(=O)N/C(=C/c1ccccc1Br)C(=O)O. The van der Waals surface area contributed by atoms with E-state index < -0.39 is 11.9 Å². The Bertz CT molecular complexity index is 454. The van der Waals surface area contributed by atoms with Gasteiger partial charge >= 0.3 is 5.97 Å². The van der Waals surface area contributed by atoms with Crippen LogP contribution in [0.5, 0.6) is 0 Å². The third kappa shape index (κ3) is 3.51. The summed E-state index contributed by atoms with van der Waals surface area (Å²) >= 11 is 3.29. The molecule has 0 aromatic heterocycles. The molecule has 0 aliphatic carbocycles. The van der Waals surface area contributed by atoms with Gasteiger partial charge in [0.25, 0.3) is 0 Å². The highest BCUT2D eigenvalue weighted by atomic mass is 79.9. The second-order valence-corrected chi connectivity index (χ2v) is 3.92. The van der Waals surface area contributed by atoms with Gasteiger partial charge < -0.3 is 10.4 Å². The normalized spacial score (nSPS) is 11.0. The van der Waals surface area contributed by atoms with E-state index in [-0.39, 0.29) is 5.70 Å². The van der Waals surface area contributed by atoms with Crippen molar-refractivity contribution in [3.63, 3.8) is 0 Å². The first-order valence-corrected chi connectivity index (χ1v) is 5.27. The number of carbonyl (C=O) groups is 2. The summed E-state index contributed by atoms with van der Waals surface area (Å²) in [4.78, 5) is 21.7. The van der Waals surface area contributed by atoms with Gasteiger partial charge in [0.15, 0.2) is 0 Å². The van der Waals surface area contributed by atoms with Gasteiger partial charge in [-0.1, -0.05) is 34.1 Å². The number of amides is 1. The Kier molecular flexibility index (Phi) is 4.25. The van der Waals surface area contributed by atoms with E-state index in [2.05, 4.69) is 21.2 Å². The van der Waals surface area contributed by atoms with Gasteiger partial charge in [-0.05, 0) is 17.7 Å². The molecule has 1 amide bonds. The van der Waals surface area contributed by atoms with Crippen LogP contribution < -0.4 is 5.32 Å². The lowest BCUT2D eigenvalue weighted by Gasteiger charge is -2.04. The molecule has 0 radical (unpaired) electrons. The van der Waals surface area contributed by atoms with E-state index >= 15 is 0 Å². The molecule has 0 saturated heterocycles. The van der Waals surface area contributed by atoms with Crippen molar-refractivity contribution in [3.05, 3.63) is 40.0 Å². The molecule has 0 fully saturated rings. The molecule has 0 saturated carbocycles. The standard InChI is InChI=1S/C11H10BrNO3/c1-7(14)13-10(11(15)16)6-8-4-2-3-5-9(8)12/h2-6H,1H3,(H,13,14)(H,15,16)/b10-6+. The third-order valence-electron chi connectivity index (χ3n) is 1.75. The lowest BCUT2D eigenvalue weighted by atomic mass is 10.2. The number of nitrogens with one attached hydrogen (secondary N) is 1. The molecule has 0 heterocycles. The number of hydrogen-bond acceptors (Lipinski definition) is 2. The molecule has 0 aliphatic heterocycles. The van der Waals surface area contributed by atoms with E-state index in [9.17, 15) is 9.59 Å². The minimum atomic E-state index is -1.18. The van der Waals surface area contributed by atoms with E-state index in [1.165, 1.54) is 13.0 Å². The molecule has 16 heavy (non-hydrogen) atoms.